The molecule has 1 aromatic carbocycles. The maximum Gasteiger partial charge on any atom is 0.430 e. The van der Waals surface area contributed by atoms with Crippen molar-refractivity contribution >= 4 is 50.7 Å². The largest absolute Gasteiger partial charge is 0.443 e. The third-order valence-electron chi connectivity index (χ3n) is 6.24. The first-order chi connectivity index (χ1) is 18.0. The Morgan fingerprint density at radius 3 is 2.47 bits per heavy atom. The summed E-state index contributed by atoms with van der Waals surface area (Å²) in [6.07, 6.45) is 1.93. The number of amides is 1. The van der Waals surface area contributed by atoms with Crippen LogP contribution in [0.5, 0.6) is 0 Å². The van der Waals surface area contributed by atoms with Gasteiger partial charge in [-0.3, -0.25) is 4.90 Å². The number of nitrogens with zero attached hydrogens (tertiary/aromatic N) is 4. The monoisotopic (exact) mass is 577 g/mol. The Morgan fingerprint density at radius 1 is 1.21 bits per heavy atom. The molecule has 1 saturated heterocycles. The maximum atomic E-state index is 13.5. The van der Waals surface area contributed by atoms with Gasteiger partial charge in [-0.2, -0.15) is 0 Å². The number of benzene rings is 1. The number of aromatic nitrogens is 2. The fourth-order valence-electron chi connectivity index (χ4n) is 4.26. The average molecular weight is 578 g/mol. The minimum Gasteiger partial charge on any atom is -0.443 e. The van der Waals surface area contributed by atoms with Crippen LogP contribution in [0, 0.1) is 0 Å². The molecule has 1 aliphatic rings. The molecule has 4 rings (SSSR count). The molecule has 2 aromatic heterocycles. The van der Waals surface area contributed by atoms with E-state index < -0.39 is 21.7 Å². The van der Waals surface area contributed by atoms with Crippen LogP contribution in [0.1, 0.15) is 52.1 Å². The molecule has 204 valence electrons. The lowest BCUT2D eigenvalue weighted by atomic mass is 10.00. The summed E-state index contributed by atoms with van der Waals surface area (Å²) in [5.41, 5.74) is 1.82. The van der Waals surface area contributed by atoms with Crippen LogP contribution in [0.15, 0.2) is 58.4 Å². The van der Waals surface area contributed by atoms with Gasteiger partial charge in [0.15, 0.2) is 5.82 Å². The van der Waals surface area contributed by atoms with Crippen molar-refractivity contribution in [2.75, 3.05) is 22.7 Å². The summed E-state index contributed by atoms with van der Waals surface area (Å²) in [6.45, 7) is 9.01. The van der Waals surface area contributed by atoms with Crippen molar-refractivity contribution in [3.8, 4) is 0 Å². The number of anilines is 2. The zero-order valence-electron chi connectivity index (χ0n) is 21.8. The lowest BCUT2D eigenvalue weighted by Gasteiger charge is -2.36. The SMILES string of the molecule is C[C@H](c1ccccc1)N1CCC(Nc2ncc(S(=O)(=O)N(C(=O)OC(C)(C)C)c3cscn3)cc2Cl)CC1. The van der Waals surface area contributed by atoms with E-state index >= 15 is 0 Å². The summed E-state index contributed by atoms with van der Waals surface area (Å²) < 4.78 is 32.9. The number of hydrogen-bond donors (Lipinski definition) is 1. The first kappa shape index (κ1) is 28.3. The van der Waals surface area contributed by atoms with E-state index in [1.54, 1.807) is 20.8 Å². The minimum absolute atomic E-state index is 0.0564. The van der Waals surface area contributed by atoms with Crippen LogP contribution < -0.4 is 9.62 Å². The Morgan fingerprint density at radius 2 is 1.89 bits per heavy atom. The van der Waals surface area contributed by atoms with Crippen LogP contribution in [0.3, 0.4) is 0 Å². The summed E-state index contributed by atoms with van der Waals surface area (Å²) in [4.78, 5) is 23.4. The Labute approximate surface area is 232 Å². The molecule has 0 bridgehead atoms. The van der Waals surface area contributed by atoms with Crippen molar-refractivity contribution in [1.29, 1.82) is 0 Å². The van der Waals surface area contributed by atoms with Crippen molar-refractivity contribution in [2.24, 2.45) is 0 Å². The number of carbonyl (C=O) groups excluding carboxylic acids is 1. The van der Waals surface area contributed by atoms with Crippen LogP contribution in [-0.2, 0) is 14.8 Å². The van der Waals surface area contributed by atoms with Gasteiger partial charge in [-0.1, -0.05) is 41.9 Å². The van der Waals surface area contributed by atoms with Crippen molar-refractivity contribution in [2.45, 2.75) is 63.1 Å². The van der Waals surface area contributed by atoms with Gasteiger partial charge in [0.25, 0.3) is 10.0 Å². The normalized spacial score (nSPS) is 16.1. The summed E-state index contributed by atoms with van der Waals surface area (Å²) in [5, 5.41) is 4.96. The second-order valence-electron chi connectivity index (χ2n) is 10.1. The first-order valence-electron chi connectivity index (χ1n) is 12.3. The predicted molar refractivity (Wildman–Crippen MR) is 150 cm³/mol. The molecule has 3 aromatic rings. The van der Waals surface area contributed by atoms with Crippen LogP contribution in [0.25, 0.3) is 0 Å². The van der Waals surface area contributed by atoms with Gasteiger partial charge in [0.2, 0.25) is 0 Å². The maximum absolute atomic E-state index is 13.5. The third kappa shape index (κ3) is 6.63. The molecule has 0 aliphatic carbocycles. The van der Waals surface area contributed by atoms with Gasteiger partial charge < -0.3 is 10.1 Å². The topological polar surface area (TPSA) is 105 Å². The molecule has 1 N–H and O–H groups in total. The number of ether oxygens (including phenoxy) is 1. The van der Waals surface area contributed by atoms with E-state index in [0.29, 0.717) is 16.2 Å². The molecule has 0 radical (unpaired) electrons. The smallest absolute Gasteiger partial charge is 0.430 e. The Hall–Kier alpha value is -2.73. The molecule has 38 heavy (non-hydrogen) atoms. The Balaban J connectivity index is 1.46. The van der Waals surface area contributed by atoms with Gasteiger partial charge in [0, 0.05) is 36.8 Å². The van der Waals surface area contributed by atoms with Crippen molar-refractivity contribution in [3.63, 3.8) is 0 Å². The van der Waals surface area contributed by atoms with Gasteiger partial charge in [-0.05, 0) is 52.2 Å². The molecular formula is C26H32ClN5O4S2. The summed E-state index contributed by atoms with van der Waals surface area (Å²) in [5.74, 6) is 0.344. The fraction of sp³-hybridized carbons (Fsp3) is 0.423. The number of likely N-dealkylation sites (tertiary alicyclic amines) is 1. The minimum atomic E-state index is -4.39. The number of sulfonamides is 1. The molecule has 0 unspecified atom stereocenters. The lowest BCUT2D eigenvalue weighted by molar-refractivity contribution is 0.0608. The highest BCUT2D eigenvalue weighted by Crippen LogP contribution is 2.31. The molecule has 0 spiro atoms. The lowest BCUT2D eigenvalue weighted by Crippen LogP contribution is -2.41. The van der Waals surface area contributed by atoms with E-state index in [0.717, 1.165) is 37.3 Å². The van der Waals surface area contributed by atoms with E-state index in [-0.39, 0.29) is 21.8 Å². The molecule has 12 heteroatoms. The third-order valence-corrected chi connectivity index (χ3v) is 8.74. The molecule has 9 nitrogen and oxygen atoms in total. The van der Waals surface area contributed by atoms with Crippen LogP contribution in [0.2, 0.25) is 5.02 Å². The van der Waals surface area contributed by atoms with Gasteiger partial charge in [-0.15, -0.1) is 15.6 Å². The second kappa shape index (κ2) is 11.6. The number of piperidine rings is 1. The van der Waals surface area contributed by atoms with E-state index in [1.807, 2.05) is 6.07 Å². The Kier molecular flexibility index (Phi) is 8.61. The molecule has 1 atom stereocenters. The van der Waals surface area contributed by atoms with Crippen LogP contribution >= 0.6 is 22.9 Å². The highest BCUT2D eigenvalue weighted by Gasteiger charge is 2.36. The molecule has 1 aliphatic heterocycles. The van der Waals surface area contributed by atoms with Crippen LogP contribution in [0.4, 0.5) is 16.4 Å². The van der Waals surface area contributed by atoms with E-state index in [9.17, 15) is 13.2 Å². The van der Waals surface area contributed by atoms with E-state index in [1.165, 1.54) is 28.7 Å². The summed E-state index contributed by atoms with van der Waals surface area (Å²) in [6, 6.07) is 12.2. The highest BCUT2D eigenvalue weighted by molar-refractivity contribution is 7.93. The molecule has 1 amide bonds. The van der Waals surface area contributed by atoms with Crippen molar-refractivity contribution < 1.29 is 17.9 Å². The number of thiazole rings is 1. The number of rotatable bonds is 7. The first-order valence-corrected chi connectivity index (χ1v) is 15.1. The van der Waals surface area contributed by atoms with Gasteiger partial charge in [0.1, 0.15) is 16.3 Å². The molecule has 1 fully saturated rings. The predicted octanol–water partition coefficient (Wildman–Crippen LogP) is 5.96. The van der Waals surface area contributed by atoms with E-state index in [4.69, 9.17) is 16.3 Å². The quantitative estimate of drug-likeness (QED) is 0.367. The molecular weight excluding hydrogens is 546 g/mol. The standard InChI is InChI=1S/C26H32ClN5O4S2/c1-18(19-8-6-5-7-9-19)31-12-10-20(11-13-31)30-24-22(27)14-21(15-28-24)38(34,35)32(23-16-37-17-29-23)25(33)36-26(2,3)4/h5-9,14-18,20H,10-13H2,1-4H3,(H,28,30)/t18-/m1/s1. The number of halogens is 1. The van der Waals surface area contributed by atoms with Crippen LogP contribution in [-0.4, -0.2) is 54.1 Å². The summed E-state index contributed by atoms with van der Waals surface area (Å²) in [7, 11) is -4.39. The molecule has 3 heterocycles. The fourth-order valence-corrected chi connectivity index (χ4v) is 6.38. The zero-order chi connectivity index (χ0) is 27.5. The van der Waals surface area contributed by atoms with Gasteiger partial charge in [-0.25, -0.2) is 23.2 Å². The molecule has 0 saturated carbocycles. The van der Waals surface area contributed by atoms with Crippen molar-refractivity contribution in [3.05, 3.63) is 64.1 Å². The van der Waals surface area contributed by atoms with Gasteiger partial charge >= 0.3 is 6.09 Å². The second-order valence-corrected chi connectivity index (χ2v) is 13.1. The number of carbonyl (C=O) groups is 1. The number of nitrogens with one attached hydrogen (secondary N) is 1. The summed E-state index contributed by atoms with van der Waals surface area (Å²) >= 11 is 7.64. The zero-order valence-corrected chi connectivity index (χ0v) is 24.2. The van der Waals surface area contributed by atoms with Crippen molar-refractivity contribution in [1.82, 2.24) is 14.9 Å². The van der Waals surface area contributed by atoms with E-state index in [2.05, 4.69) is 51.4 Å². The highest BCUT2D eigenvalue weighted by atomic mass is 35.5. The Bertz CT molecular complexity index is 1340. The average Bonchev–Trinajstić information content (AvgIpc) is 3.38. The van der Waals surface area contributed by atoms with Gasteiger partial charge in [0.05, 0.1) is 10.5 Å². The number of pyridine rings is 1. The number of hydrogen-bond acceptors (Lipinski definition) is 9.